The fourth-order valence-corrected chi connectivity index (χ4v) is 1.52. The molecule has 0 radical (unpaired) electrons. The number of hydrogen-bond donors (Lipinski definition) is 0. The van der Waals surface area contributed by atoms with Gasteiger partial charge in [0.25, 0.3) is 0 Å². The first-order valence-corrected chi connectivity index (χ1v) is 6.72. The number of hydrogen-bond acceptors (Lipinski definition) is 3. The first kappa shape index (κ1) is 15.8. The molecule has 0 spiro atoms. The molecule has 0 aliphatic carbocycles. The molecular weight excluding hydrogens is 252 g/mol. The van der Waals surface area contributed by atoms with Crippen LogP contribution in [0, 0.1) is 11.8 Å². The zero-order chi connectivity index (χ0) is 14.6. The zero-order valence-corrected chi connectivity index (χ0v) is 12.0. The van der Waals surface area contributed by atoms with Crippen molar-refractivity contribution in [2.45, 2.75) is 26.2 Å². The quantitative estimate of drug-likeness (QED) is 0.345. The smallest absolute Gasteiger partial charge is 0.330 e. The van der Waals surface area contributed by atoms with Crippen LogP contribution in [0.3, 0.4) is 0 Å². The van der Waals surface area contributed by atoms with Gasteiger partial charge in [-0.05, 0) is 44.0 Å². The van der Waals surface area contributed by atoms with Gasteiger partial charge in [0, 0.05) is 18.1 Å². The molecule has 0 aliphatic rings. The lowest BCUT2D eigenvalue weighted by molar-refractivity contribution is -0.137. The fourth-order valence-electron chi connectivity index (χ4n) is 1.52. The van der Waals surface area contributed by atoms with E-state index in [2.05, 4.69) is 11.8 Å². The molecule has 0 fully saturated rings. The van der Waals surface area contributed by atoms with Crippen molar-refractivity contribution in [1.82, 2.24) is 0 Å². The molecule has 1 rings (SSSR count). The molecule has 0 amide bonds. The van der Waals surface area contributed by atoms with E-state index in [9.17, 15) is 4.79 Å². The summed E-state index contributed by atoms with van der Waals surface area (Å²) in [5, 5.41) is 0. The van der Waals surface area contributed by atoms with Gasteiger partial charge in [0.1, 0.15) is 5.75 Å². The van der Waals surface area contributed by atoms with E-state index in [-0.39, 0.29) is 5.97 Å². The summed E-state index contributed by atoms with van der Waals surface area (Å²) >= 11 is 0. The van der Waals surface area contributed by atoms with E-state index in [1.165, 1.54) is 6.08 Å². The maximum Gasteiger partial charge on any atom is 0.330 e. The molecule has 0 N–H and O–H groups in total. The van der Waals surface area contributed by atoms with Gasteiger partial charge in [-0.25, -0.2) is 4.79 Å². The molecule has 0 saturated carbocycles. The molecule has 0 atom stereocenters. The molecule has 3 nitrogen and oxygen atoms in total. The van der Waals surface area contributed by atoms with E-state index in [4.69, 9.17) is 9.47 Å². The highest BCUT2D eigenvalue weighted by Gasteiger charge is 1.92. The summed E-state index contributed by atoms with van der Waals surface area (Å²) in [7, 11) is 1.64. The van der Waals surface area contributed by atoms with E-state index >= 15 is 0 Å². The summed E-state index contributed by atoms with van der Waals surface area (Å²) in [6, 6.07) is 7.66. The molecule has 3 heteroatoms. The highest BCUT2D eigenvalue weighted by atomic mass is 16.5. The molecule has 106 valence electrons. The lowest BCUT2D eigenvalue weighted by atomic mass is 10.2. The lowest BCUT2D eigenvalue weighted by Gasteiger charge is -1.97. The minimum Gasteiger partial charge on any atom is -0.497 e. The molecule has 0 heterocycles. The standard InChI is InChI=1S/C17H20O3/c1-3-20-17(18)10-8-6-4-5-7-9-15-11-13-16(19-2)14-12-15/h8,10-14H,3-6H2,1-2H3/b10-8+. The number of carbonyl (C=O) groups excluding carboxylic acids is 1. The third-order valence-electron chi connectivity index (χ3n) is 2.54. The van der Waals surface area contributed by atoms with Gasteiger partial charge in [-0.2, -0.15) is 0 Å². The Labute approximate surface area is 120 Å². The Morgan fingerprint density at radius 3 is 2.70 bits per heavy atom. The Morgan fingerprint density at radius 1 is 1.30 bits per heavy atom. The molecule has 0 saturated heterocycles. The van der Waals surface area contributed by atoms with Crippen LogP contribution in [0.4, 0.5) is 0 Å². The maximum atomic E-state index is 11.0. The average Bonchev–Trinajstić information content (AvgIpc) is 2.47. The van der Waals surface area contributed by atoms with Crippen LogP contribution in [0.1, 0.15) is 31.7 Å². The number of benzene rings is 1. The monoisotopic (exact) mass is 272 g/mol. The van der Waals surface area contributed by atoms with Gasteiger partial charge in [0.2, 0.25) is 0 Å². The number of carbonyl (C=O) groups is 1. The van der Waals surface area contributed by atoms with Crippen molar-refractivity contribution in [2.24, 2.45) is 0 Å². The summed E-state index contributed by atoms with van der Waals surface area (Å²) in [5.41, 5.74) is 0.980. The number of allylic oxidation sites excluding steroid dienone is 1. The molecule has 0 bridgehead atoms. The highest BCUT2D eigenvalue weighted by Crippen LogP contribution is 2.10. The van der Waals surface area contributed by atoms with Crippen molar-refractivity contribution in [3.63, 3.8) is 0 Å². The molecule has 0 unspecified atom stereocenters. The predicted molar refractivity (Wildman–Crippen MR) is 79.5 cm³/mol. The van der Waals surface area contributed by atoms with Crippen molar-refractivity contribution in [3.05, 3.63) is 42.0 Å². The van der Waals surface area contributed by atoms with Gasteiger partial charge in [-0.15, -0.1) is 0 Å². The van der Waals surface area contributed by atoms with E-state index in [0.29, 0.717) is 6.61 Å². The van der Waals surface area contributed by atoms with Crippen molar-refractivity contribution < 1.29 is 14.3 Å². The van der Waals surface area contributed by atoms with Crippen molar-refractivity contribution >= 4 is 5.97 Å². The molecular formula is C17H20O3. The molecule has 1 aromatic carbocycles. The summed E-state index contributed by atoms with van der Waals surface area (Å²) in [6.45, 7) is 2.21. The summed E-state index contributed by atoms with van der Waals surface area (Å²) < 4.78 is 9.86. The van der Waals surface area contributed by atoms with Crippen LogP contribution in [0.5, 0.6) is 5.75 Å². The normalized spacial score (nSPS) is 9.90. The largest absolute Gasteiger partial charge is 0.497 e. The fraction of sp³-hybridized carbons (Fsp3) is 0.353. The van der Waals surface area contributed by atoms with E-state index < -0.39 is 0 Å². The number of methoxy groups -OCH3 is 1. The van der Waals surface area contributed by atoms with E-state index in [1.54, 1.807) is 14.0 Å². The Morgan fingerprint density at radius 2 is 2.05 bits per heavy atom. The third kappa shape index (κ3) is 6.65. The third-order valence-corrected chi connectivity index (χ3v) is 2.54. The lowest BCUT2D eigenvalue weighted by Crippen LogP contribution is -1.98. The molecule has 20 heavy (non-hydrogen) atoms. The Hall–Kier alpha value is -2.21. The maximum absolute atomic E-state index is 11.0. The van der Waals surface area contributed by atoms with Crippen molar-refractivity contribution in [3.8, 4) is 17.6 Å². The minimum absolute atomic E-state index is 0.281. The topological polar surface area (TPSA) is 35.5 Å². The zero-order valence-electron chi connectivity index (χ0n) is 12.0. The average molecular weight is 272 g/mol. The van der Waals surface area contributed by atoms with Gasteiger partial charge >= 0.3 is 5.97 Å². The van der Waals surface area contributed by atoms with Crippen LogP contribution >= 0.6 is 0 Å². The predicted octanol–water partition coefficient (Wildman–Crippen LogP) is 3.34. The van der Waals surface area contributed by atoms with E-state index in [0.717, 1.165) is 30.6 Å². The Balaban J connectivity index is 2.24. The number of esters is 1. The molecule has 0 aliphatic heterocycles. The van der Waals surface area contributed by atoms with Gasteiger partial charge in [-0.1, -0.05) is 17.9 Å². The first-order valence-electron chi connectivity index (χ1n) is 6.72. The van der Waals surface area contributed by atoms with Crippen molar-refractivity contribution in [2.75, 3.05) is 13.7 Å². The van der Waals surface area contributed by atoms with Crippen LogP contribution in [0.15, 0.2) is 36.4 Å². The molecule has 0 aromatic heterocycles. The van der Waals surface area contributed by atoms with Gasteiger partial charge in [-0.3, -0.25) is 0 Å². The minimum atomic E-state index is -0.281. The van der Waals surface area contributed by atoms with Crippen LogP contribution in [-0.4, -0.2) is 19.7 Å². The second-order valence-corrected chi connectivity index (χ2v) is 4.08. The van der Waals surface area contributed by atoms with Gasteiger partial charge in [0.05, 0.1) is 13.7 Å². The second-order valence-electron chi connectivity index (χ2n) is 4.08. The summed E-state index contributed by atoms with van der Waals surface area (Å²) in [5.74, 6) is 6.76. The summed E-state index contributed by atoms with van der Waals surface area (Å²) in [6.07, 6.45) is 5.86. The van der Waals surface area contributed by atoms with Crippen LogP contribution in [-0.2, 0) is 9.53 Å². The first-order chi connectivity index (χ1) is 9.76. The number of unbranched alkanes of at least 4 members (excludes halogenated alkanes) is 2. The molecule has 1 aromatic rings. The highest BCUT2D eigenvalue weighted by molar-refractivity contribution is 5.81. The number of rotatable bonds is 6. The van der Waals surface area contributed by atoms with Crippen LogP contribution in [0.25, 0.3) is 0 Å². The van der Waals surface area contributed by atoms with Crippen LogP contribution in [0.2, 0.25) is 0 Å². The van der Waals surface area contributed by atoms with Crippen molar-refractivity contribution in [1.29, 1.82) is 0 Å². The van der Waals surface area contributed by atoms with Gasteiger partial charge in [0.15, 0.2) is 0 Å². The Kier molecular flexibility index (Phi) is 7.67. The second kappa shape index (κ2) is 9.69. The number of ether oxygens (including phenoxy) is 2. The summed E-state index contributed by atoms with van der Waals surface area (Å²) in [4.78, 5) is 11.0. The van der Waals surface area contributed by atoms with Gasteiger partial charge < -0.3 is 9.47 Å². The SMILES string of the molecule is CCOC(=O)/C=C/CCCC#Cc1ccc(OC)cc1. The van der Waals surface area contributed by atoms with E-state index in [1.807, 2.05) is 30.3 Å². The Bertz CT molecular complexity index is 489. The van der Waals surface area contributed by atoms with Crippen LogP contribution < -0.4 is 4.74 Å².